The van der Waals surface area contributed by atoms with E-state index in [-0.39, 0.29) is 5.54 Å². The van der Waals surface area contributed by atoms with E-state index >= 15 is 0 Å². The first-order valence-corrected chi connectivity index (χ1v) is 9.30. The Balaban J connectivity index is 1.78. The lowest BCUT2D eigenvalue weighted by Gasteiger charge is -2.38. The van der Waals surface area contributed by atoms with Crippen molar-refractivity contribution in [1.82, 2.24) is 10.2 Å². The summed E-state index contributed by atoms with van der Waals surface area (Å²) in [5.41, 5.74) is -0.182. The van der Waals surface area contributed by atoms with Crippen LogP contribution in [-0.2, 0) is 4.79 Å². The number of amides is 1. The smallest absolute Gasteiger partial charge is 0.244 e. The average molecular weight is 292 g/mol. The lowest BCUT2D eigenvalue weighted by molar-refractivity contribution is -0.136. The molecule has 3 aliphatic rings. The van der Waals surface area contributed by atoms with Gasteiger partial charge in [-0.1, -0.05) is 52.4 Å². The van der Waals surface area contributed by atoms with Crippen LogP contribution in [0.3, 0.4) is 0 Å². The van der Waals surface area contributed by atoms with Gasteiger partial charge in [0.15, 0.2) is 0 Å². The van der Waals surface area contributed by atoms with E-state index < -0.39 is 0 Å². The van der Waals surface area contributed by atoms with Crippen LogP contribution in [0.5, 0.6) is 0 Å². The molecule has 1 spiro atoms. The average Bonchev–Trinajstić information content (AvgIpc) is 3.07. The number of hydrogen-bond donors (Lipinski definition) is 1. The molecule has 1 saturated heterocycles. The van der Waals surface area contributed by atoms with Crippen LogP contribution in [0, 0.1) is 5.92 Å². The molecule has 1 heterocycles. The maximum Gasteiger partial charge on any atom is 0.244 e. The Bertz CT molecular complexity index is 375. The van der Waals surface area contributed by atoms with Gasteiger partial charge in [-0.2, -0.15) is 0 Å². The Morgan fingerprint density at radius 3 is 2.62 bits per heavy atom. The highest BCUT2D eigenvalue weighted by atomic mass is 16.2. The van der Waals surface area contributed by atoms with Crippen molar-refractivity contribution < 1.29 is 4.79 Å². The zero-order valence-corrected chi connectivity index (χ0v) is 13.9. The fraction of sp³-hybridized carbons (Fsp3) is 0.944. The second-order valence-corrected chi connectivity index (χ2v) is 7.55. The molecule has 0 bridgehead atoms. The minimum atomic E-state index is -0.182. The molecule has 0 aromatic carbocycles. The molecule has 1 amide bonds. The van der Waals surface area contributed by atoms with Crippen LogP contribution in [0.2, 0.25) is 0 Å². The molecule has 3 heteroatoms. The standard InChI is InChI=1S/C18H32N2O/c1-3-8-16-19-18(11-5-6-12-18)17(21)20(16)15-10-7-9-14(4-2)13-15/h14-16,19H,3-13H2,1-2H3. The number of hydrogen-bond acceptors (Lipinski definition) is 2. The number of carbonyl (C=O) groups is 1. The molecule has 2 saturated carbocycles. The highest BCUT2D eigenvalue weighted by Crippen LogP contribution is 2.41. The van der Waals surface area contributed by atoms with Crippen LogP contribution in [0.1, 0.15) is 84.5 Å². The van der Waals surface area contributed by atoms with E-state index in [0.717, 1.165) is 31.6 Å². The van der Waals surface area contributed by atoms with Gasteiger partial charge in [0.25, 0.3) is 0 Å². The third-order valence-electron chi connectivity index (χ3n) is 6.17. The van der Waals surface area contributed by atoms with Crippen LogP contribution >= 0.6 is 0 Å². The van der Waals surface area contributed by atoms with Crippen molar-refractivity contribution in [3.05, 3.63) is 0 Å². The molecule has 21 heavy (non-hydrogen) atoms. The van der Waals surface area contributed by atoms with E-state index in [2.05, 4.69) is 24.1 Å². The van der Waals surface area contributed by atoms with E-state index in [1.807, 2.05) is 0 Å². The molecule has 1 aliphatic heterocycles. The maximum atomic E-state index is 13.2. The second-order valence-electron chi connectivity index (χ2n) is 7.55. The van der Waals surface area contributed by atoms with Gasteiger partial charge >= 0.3 is 0 Å². The molecular weight excluding hydrogens is 260 g/mol. The van der Waals surface area contributed by atoms with Crippen molar-refractivity contribution >= 4 is 5.91 Å². The van der Waals surface area contributed by atoms with Crippen molar-refractivity contribution in [2.45, 2.75) is 102 Å². The second kappa shape index (κ2) is 6.28. The summed E-state index contributed by atoms with van der Waals surface area (Å²) in [6.45, 7) is 4.54. The van der Waals surface area contributed by atoms with Gasteiger partial charge in [-0.25, -0.2) is 0 Å². The first-order valence-electron chi connectivity index (χ1n) is 9.30. The van der Waals surface area contributed by atoms with Crippen LogP contribution in [0.25, 0.3) is 0 Å². The largest absolute Gasteiger partial charge is 0.323 e. The van der Waals surface area contributed by atoms with Gasteiger partial charge in [0, 0.05) is 6.04 Å². The Kier molecular flexibility index (Phi) is 4.58. The highest BCUT2D eigenvalue weighted by molar-refractivity contribution is 5.89. The Labute approximate surface area is 129 Å². The molecular formula is C18H32N2O. The van der Waals surface area contributed by atoms with Crippen LogP contribution in [0.4, 0.5) is 0 Å². The van der Waals surface area contributed by atoms with Gasteiger partial charge in [-0.15, -0.1) is 0 Å². The third-order valence-corrected chi connectivity index (χ3v) is 6.17. The zero-order chi connectivity index (χ0) is 14.9. The Hall–Kier alpha value is -0.570. The van der Waals surface area contributed by atoms with Crippen molar-refractivity contribution in [2.75, 3.05) is 0 Å². The summed E-state index contributed by atoms with van der Waals surface area (Å²) in [6, 6.07) is 0.500. The van der Waals surface area contributed by atoms with E-state index in [0.29, 0.717) is 18.1 Å². The minimum absolute atomic E-state index is 0.182. The Morgan fingerprint density at radius 2 is 1.95 bits per heavy atom. The van der Waals surface area contributed by atoms with Gasteiger partial charge in [-0.05, 0) is 38.0 Å². The molecule has 120 valence electrons. The lowest BCUT2D eigenvalue weighted by atomic mass is 9.83. The van der Waals surface area contributed by atoms with Gasteiger partial charge in [0.05, 0.1) is 11.7 Å². The summed E-state index contributed by atoms with van der Waals surface area (Å²) in [5.74, 6) is 1.28. The van der Waals surface area contributed by atoms with E-state index in [4.69, 9.17) is 0 Å². The topological polar surface area (TPSA) is 32.3 Å². The summed E-state index contributed by atoms with van der Waals surface area (Å²) >= 11 is 0. The molecule has 3 fully saturated rings. The third kappa shape index (κ3) is 2.74. The van der Waals surface area contributed by atoms with E-state index in [1.165, 1.54) is 44.9 Å². The molecule has 2 aliphatic carbocycles. The summed E-state index contributed by atoms with van der Waals surface area (Å²) < 4.78 is 0. The number of carbonyl (C=O) groups excluding carboxylic acids is 1. The maximum absolute atomic E-state index is 13.2. The summed E-state index contributed by atoms with van der Waals surface area (Å²) in [4.78, 5) is 15.5. The fourth-order valence-corrected chi connectivity index (χ4v) is 4.97. The quantitative estimate of drug-likeness (QED) is 0.854. The summed E-state index contributed by atoms with van der Waals surface area (Å²) in [5, 5.41) is 3.77. The Morgan fingerprint density at radius 1 is 1.19 bits per heavy atom. The molecule has 3 unspecified atom stereocenters. The number of rotatable bonds is 4. The van der Waals surface area contributed by atoms with Crippen molar-refractivity contribution in [1.29, 1.82) is 0 Å². The molecule has 1 N–H and O–H groups in total. The molecule has 0 radical (unpaired) electrons. The SMILES string of the molecule is CCCC1NC2(CCCC2)C(=O)N1C1CCCC(CC)C1. The first-order chi connectivity index (χ1) is 10.2. The molecule has 3 rings (SSSR count). The minimum Gasteiger partial charge on any atom is -0.323 e. The summed E-state index contributed by atoms with van der Waals surface area (Å²) in [7, 11) is 0. The van der Waals surface area contributed by atoms with Crippen LogP contribution < -0.4 is 5.32 Å². The van der Waals surface area contributed by atoms with Crippen molar-refractivity contribution in [3.63, 3.8) is 0 Å². The van der Waals surface area contributed by atoms with Crippen molar-refractivity contribution in [2.24, 2.45) is 5.92 Å². The van der Waals surface area contributed by atoms with Gasteiger partial charge in [0.1, 0.15) is 0 Å². The first kappa shape index (κ1) is 15.3. The number of nitrogens with one attached hydrogen (secondary N) is 1. The molecule has 0 aromatic heterocycles. The monoisotopic (exact) mass is 292 g/mol. The van der Waals surface area contributed by atoms with Crippen LogP contribution in [-0.4, -0.2) is 28.6 Å². The van der Waals surface area contributed by atoms with Gasteiger partial charge in [-0.3, -0.25) is 10.1 Å². The lowest BCUT2D eigenvalue weighted by Crippen LogP contribution is -2.47. The number of nitrogens with zero attached hydrogens (tertiary/aromatic N) is 1. The van der Waals surface area contributed by atoms with E-state index in [9.17, 15) is 4.79 Å². The van der Waals surface area contributed by atoms with Gasteiger partial charge < -0.3 is 4.90 Å². The van der Waals surface area contributed by atoms with Crippen LogP contribution in [0.15, 0.2) is 0 Å². The van der Waals surface area contributed by atoms with Gasteiger partial charge in [0.2, 0.25) is 5.91 Å². The normalized spacial score (nSPS) is 35.8. The molecule has 0 aromatic rings. The summed E-state index contributed by atoms with van der Waals surface area (Å²) in [6.07, 6.45) is 13.5. The molecule has 3 nitrogen and oxygen atoms in total. The van der Waals surface area contributed by atoms with Crippen molar-refractivity contribution in [3.8, 4) is 0 Å². The van der Waals surface area contributed by atoms with E-state index in [1.54, 1.807) is 0 Å². The fourth-order valence-electron chi connectivity index (χ4n) is 4.97. The predicted octanol–water partition coefficient (Wildman–Crippen LogP) is 3.83. The zero-order valence-electron chi connectivity index (χ0n) is 13.9. The molecule has 3 atom stereocenters. The highest BCUT2D eigenvalue weighted by Gasteiger charge is 2.53. The predicted molar refractivity (Wildman–Crippen MR) is 85.9 cm³/mol.